The number of aromatic amines is 1. The van der Waals surface area contributed by atoms with Gasteiger partial charge in [0.2, 0.25) is 0 Å². The van der Waals surface area contributed by atoms with Gasteiger partial charge in [0.05, 0.1) is 0 Å². The van der Waals surface area contributed by atoms with Gasteiger partial charge >= 0.3 is 0 Å². The lowest BCUT2D eigenvalue weighted by atomic mass is 10.1. The molecule has 0 saturated heterocycles. The van der Waals surface area contributed by atoms with Crippen LogP contribution in [0.2, 0.25) is 0 Å². The molecule has 0 radical (unpaired) electrons. The van der Waals surface area contributed by atoms with Crippen LogP contribution >= 0.6 is 0 Å². The average Bonchev–Trinajstić information content (AvgIpc) is 2.67. The van der Waals surface area contributed by atoms with Gasteiger partial charge in [-0.1, -0.05) is 38.1 Å². The van der Waals surface area contributed by atoms with Crippen molar-refractivity contribution in [3.8, 4) is 0 Å². The Balaban J connectivity index is 0.000000461. The minimum absolute atomic E-state index is 1.11. The predicted molar refractivity (Wildman–Crippen MR) is 64.4 cm³/mol. The summed E-state index contributed by atoms with van der Waals surface area (Å²) in [6.07, 6.45) is 1.96. The van der Waals surface area contributed by atoms with Crippen molar-refractivity contribution in [2.24, 2.45) is 0 Å². The summed E-state index contributed by atoms with van der Waals surface area (Å²) in [6.45, 7) is 9.97. The highest BCUT2D eigenvalue weighted by Gasteiger charge is 2.00. The first-order valence-corrected chi connectivity index (χ1v) is 5.01. The Hall–Kier alpha value is -1.50. The van der Waals surface area contributed by atoms with Crippen LogP contribution in [0.1, 0.15) is 26.3 Å². The van der Waals surface area contributed by atoms with E-state index in [2.05, 4.69) is 29.8 Å². The van der Waals surface area contributed by atoms with Crippen LogP contribution in [0.15, 0.2) is 37.0 Å². The van der Waals surface area contributed by atoms with Crippen LogP contribution in [0.5, 0.6) is 0 Å². The Morgan fingerprint density at radius 1 is 1.21 bits per heavy atom. The third-order valence-electron chi connectivity index (χ3n) is 2.05. The monoisotopic (exact) mass is 187 g/mol. The van der Waals surface area contributed by atoms with E-state index in [9.17, 15) is 0 Å². The summed E-state index contributed by atoms with van der Waals surface area (Å²) in [4.78, 5) is 3.17. The third kappa shape index (κ3) is 1.87. The fourth-order valence-corrected chi connectivity index (χ4v) is 1.46. The SMILES string of the molecule is C=C(C)c1cccc2[nH]ccc12.CC. The van der Waals surface area contributed by atoms with Crippen molar-refractivity contribution in [1.82, 2.24) is 4.98 Å². The van der Waals surface area contributed by atoms with Crippen molar-refractivity contribution in [3.63, 3.8) is 0 Å². The molecule has 2 aromatic rings. The highest BCUT2D eigenvalue weighted by molar-refractivity contribution is 5.91. The van der Waals surface area contributed by atoms with E-state index in [0.29, 0.717) is 0 Å². The molecule has 0 amide bonds. The largest absolute Gasteiger partial charge is 0.361 e. The maximum Gasteiger partial charge on any atom is 0.0460 e. The van der Waals surface area contributed by atoms with Crippen LogP contribution in [-0.2, 0) is 0 Å². The van der Waals surface area contributed by atoms with E-state index in [1.54, 1.807) is 0 Å². The number of benzene rings is 1. The minimum Gasteiger partial charge on any atom is -0.361 e. The van der Waals surface area contributed by atoms with Gasteiger partial charge in [-0.25, -0.2) is 0 Å². The van der Waals surface area contributed by atoms with Crippen LogP contribution in [0.3, 0.4) is 0 Å². The summed E-state index contributed by atoms with van der Waals surface area (Å²) in [6, 6.07) is 8.29. The molecule has 1 aromatic carbocycles. The first-order chi connectivity index (χ1) is 6.79. The summed E-state index contributed by atoms with van der Waals surface area (Å²) < 4.78 is 0. The van der Waals surface area contributed by atoms with E-state index >= 15 is 0 Å². The highest BCUT2D eigenvalue weighted by Crippen LogP contribution is 2.22. The lowest BCUT2D eigenvalue weighted by Crippen LogP contribution is -1.78. The molecular formula is C13H17N. The number of hydrogen-bond donors (Lipinski definition) is 1. The Morgan fingerprint density at radius 3 is 2.57 bits per heavy atom. The highest BCUT2D eigenvalue weighted by atomic mass is 14.7. The number of aromatic nitrogens is 1. The van der Waals surface area contributed by atoms with Crippen molar-refractivity contribution in [2.75, 3.05) is 0 Å². The molecule has 14 heavy (non-hydrogen) atoms. The van der Waals surface area contributed by atoms with Gasteiger partial charge in [-0.15, -0.1) is 0 Å². The number of hydrogen-bond acceptors (Lipinski definition) is 0. The predicted octanol–water partition coefficient (Wildman–Crippen LogP) is 4.23. The van der Waals surface area contributed by atoms with Crippen molar-refractivity contribution in [3.05, 3.63) is 42.6 Å². The van der Waals surface area contributed by atoms with E-state index in [1.807, 2.05) is 33.0 Å². The molecule has 0 atom stereocenters. The Bertz CT molecular complexity index is 423. The molecule has 1 nitrogen and oxygen atoms in total. The van der Waals surface area contributed by atoms with Gasteiger partial charge in [-0.3, -0.25) is 0 Å². The van der Waals surface area contributed by atoms with Gasteiger partial charge < -0.3 is 4.98 Å². The second-order valence-electron chi connectivity index (χ2n) is 3.02. The Morgan fingerprint density at radius 2 is 1.93 bits per heavy atom. The fourth-order valence-electron chi connectivity index (χ4n) is 1.46. The molecule has 0 aliphatic rings. The molecule has 1 N–H and O–H groups in total. The minimum atomic E-state index is 1.11. The average molecular weight is 187 g/mol. The fraction of sp³-hybridized carbons (Fsp3) is 0.231. The first-order valence-electron chi connectivity index (χ1n) is 5.01. The first kappa shape index (κ1) is 10.6. The molecule has 1 heteroatoms. The molecule has 0 fully saturated rings. The molecule has 0 aliphatic heterocycles. The summed E-state index contributed by atoms with van der Waals surface area (Å²) in [5, 5.41) is 1.25. The maximum atomic E-state index is 3.94. The van der Waals surface area contributed by atoms with Crippen molar-refractivity contribution in [2.45, 2.75) is 20.8 Å². The molecule has 0 spiro atoms. The van der Waals surface area contributed by atoms with Crippen LogP contribution in [-0.4, -0.2) is 4.98 Å². The lowest BCUT2D eigenvalue weighted by molar-refractivity contribution is 1.48. The third-order valence-corrected chi connectivity index (χ3v) is 2.05. The number of H-pyrrole nitrogens is 1. The number of rotatable bonds is 1. The van der Waals surface area contributed by atoms with Gasteiger partial charge in [0.15, 0.2) is 0 Å². The number of fused-ring (bicyclic) bond motifs is 1. The van der Waals surface area contributed by atoms with Gasteiger partial charge in [0.1, 0.15) is 0 Å². The quantitative estimate of drug-likeness (QED) is 0.687. The number of nitrogens with one attached hydrogen (secondary N) is 1. The van der Waals surface area contributed by atoms with Crippen molar-refractivity contribution < 1.29 is 0 Å². The summed E-state index contributed by atoms with van der Waals surface area (Å²) in [7, 11) is 0. The summed E-state index contributed by atoms with van der Waals surface area (Å²) >= 11 is 0. The number of allylic oxidation sites excluding steroid dienone is 1. The zero-order chi connectivity index (χ0) is 10.6. The van der Waals surface area contributed by atoms with E-state index in [4.69, 9.17) is 0 Å². The van der Waals surface area contributed by atoms with Crippen molar-refractivity contribution in [1.29, 1.82) is 0 Å². The molecular weight excluding hydrogens is 170 g/mol. The zero-order valence-corrected chi connectivity index (χ0v) is 9.09. The maximum absolute atomic E-state index is 3.94. The van der Waals surface area contributed by atoms with E-state index < -0.39 is 0 Å². The van der Waals surface area contributed by atoms with Crippen molar-refractivity contribution >= 4 is 16.5 Å². The van der Waals surface area contributed by atoms with Gasteiger partial charge in [0, 0.05) is 17.1 Å². The summed E-state index contributed by atoms with van der Waals surface area (Å²) in [5.41, 5.74) is 3.52. The van der Waals surface area contributed by atoms with E-state index in [1.165, 1.54) is 16.5 Å². The van der Waals surface area contributed by atoms with Crippen LogP contribution in [0, 0.1) is 0 Å². The molecule has 74 valence electrons. The molecule has 0 unspecified atom stereocenters. The van der Waals surface area contributed by atoms with Gasteiger partial charge in [-0.05, 0) is 24.6 Å². The topological polar surface area (TPSA) is 15.8 Å². The Kier molecular flexibility index (Phi) is 3.52. The normalized spacial score (nSPS) is 9.36. The molecule has 1 heterocycles. The molecule has 0 aliphatic carbocycles. The molecule has 1 aromatic heterocycles. The van der Waals surface area contributed by atoms with Gasteiger partial charge in [0.25, 0.3) is 0 Å². The second-order valence-corrected chi connectivity index (χ2v) is 3.02. The van der Waals surface area contributed by atoms with Gasteiger partial charge in [-0.2, -0.15) is 0 Å². The molecule has 0 bridgehead atoms. The molecule has 0 saturated carbocycles. The van der Waals surface area contributed by atoms with E-state index in [-0.39, 0.29) is 0 Å². The Labute approximate surface area is 85.5 Å². The van der Waals surface area contributed by atoms with Crippen LogP contribution in [0.4, 0.5) is 0 Å². The summed E-state index contributed by atoms with van der Waals surface area (Å²) in [5.74, 6) is 0. The van der Waals surface area contributed by atoms with Crippen LogP contribution in [0.25, 0.3) is 16.5 Å². The van der Waals surface area contributed by atoms with E-state index in [0.717, 1.165) is 5.57 Å². The lowest BCUT2D eigenvalue weighted by Gasteiger charge is -2.00. The second kappa shape index (κ2) is 4.66. The van der Waals surface area contributed by atoms with Crippen LogP contribution < -0.4 is 0 Å². The smallest absolute Gasteiger partial charge is 0.0460 e. The molecule has 2 rings (SSSR count). The standard InChI is InChI=1S/C11H11N.C2H6/c1-8(2)9-4-3-5-11-10(9)6-7-12-11;1-2/h3-7,12H,1H2,2H3;1-2H3. The zero-order valence-electron chi connectivity index (χ0n) is 9.09.